The van der Waals surface area contributed by atoms with Crippen LogP contribution in [0.25, 0.3) is 11.3 Å². The summed E-state index contributed by atoms with van der Waals surface area (Å²) in [4.78, 5) is 16.5. The zero-order chi connectivity index (χ0) is 18.0. The van der Waals surface area contributed by atoms with E-state index in [1.807, 2.05) is 49.9 Å². The van der Waals surface area contributed by atoms with E-state index in [1.165, 1.54) is 5.56 Å². The average Bonchev–Trinajstić information content (AvgIpc) is 2.61. The van der Waals surface area contributed by atoms with Crippen molar-refractivity contribution in [2.75, 3.05) is 31.1 Å². The smallest absolute Gasteiger partial charge is 0.228 e. The monoisotopic (exact) mass is 338 g/mol. The predicted molar refractivity (Wildman–Crippen MR) is 100 cm³/mol. The Hall–Kier alpha value is -2.43. The molecule has 1 aliphatic rings. The van der Waals surface area contributed by atoms with Gasteiger partial charge in [0.15, 0.2) is 5.82 Å². The summed E-state index contributed by atoms with van der Waals surface area (Å²) in [5.74, 6) is 1.09. The highest BCUT2D eigenvalue weighted by Crippen LogP contribution is 2.23. The maximum Gasteiger partial charge on any atom is 0.228 e. The van der Waals surface area contributed by atoms with E-state index in [0.29, 0.717) is 0 Å². The second kappa shape index (κ2) is 6.82. The molecule has 5 nitrogen and oxygen atoms in total. The van der Waals surface area contributed by atoms with E-state index in [9.17, 15) is 4.79 Å². The number of hydrogen-bond donors (Lipinski definition) is 0. The summed E-state index contributed by atoms with van der Waals surface area (Å²) < 4.78 is 0. The van der Waals surface area contributed by atoms with Gasteiger partial charge in [-0.1, -0.05) is 45.0 Å². The highest BCUT2D eigenvalue weighted by molar-refractivity contribution is 5.81. The van der Waals surface area contributed by atoms with E-state index in [1.54, 1.807) is 0 Å². The second-order valence-corrected chi connectivity index (χ2v) is 7.62. The lowest BCUT2D eigenvalue weighted by molar-refractivity contribution is -0.139. The lowest BCUT2D eigenvalue weighted by atomic mass is 9.94. The fourth-order valence-electron chi connectivity index (χ4n) is 3.11. The first-order valence-corrected chi connectivity index (χ1v) is 8.80. The Morgan fingerprint density at radius 2 is 1.64 bits per heavy atom. The quantitative estimate of drug-likeness (QED) is 0.844. The van der Waals surface area contributed by atoms with Crippen LogP contribution in [0.1, 0.15) is 26.3 Å². The molecule has 1 aromatic heterocycles. The zero-order valence-corrected chi connectivity index (χ0v) is 15.5. The second-order valence-electron chi connectivity index (χ2n) is 7.62. The van der Waals surface area contributed by atoms with Crippen molar-refractivity contribution in [1.29, 1.82) is 0 Å². The minimum atomic E-state index is -0.322. The van der Waals surface area contributed by atoms with Crippen LogP contribution < -0.4 is 4.90 Å². The van der Waals surface area contributed by atoms with E-state index in [-0.39, 0.29) is 11.3 Å². The molecule has 0 N–H and O–H groups in total. The lowest BCUT2D eigenvalue weighted by Crippen LogP contribution is -2.51. The minimum absolute atomic E-state index is 0.216. The van der Waals surface area contributed by atoms with Crippen LogP contribution in [0.3, 0.4) is 0 Å². The van der Waals surface area contributed by atoms with Crippen LogP contribution >= 0.6 is 0 Å². The number of hydrogen-bond acceptors (Lipinski definition) is 4. The Morgan fingerprint density at radius 1 is 0.960 bits per heavy atom. The Balaban J connectivity index is 1.67. The Morgan fingerprint density at radius 3 is 2.20 bits per heavy atom. The molecule has 2 aromatic rings. The highest BCUT2D eigenvalue weighted by Gasteiger charge is 2.30. The number of aryl methyl sites for hydroxylation is 1. The molecular formula is C20H26N4O. The SMILES string of the molecule is Cc1ccccc1-c1ccc(N2CCN(C(=O)C(C)(C)C)CC2)nn1. The number of aromatic nitrogens is 2. The summed E-state index contributed by atoms with van der Waals surface area (Å²) in [5, 5.41) is 8.82. The molecule has 3 rings (SSSR count). The molecule has 1 fully saturated rings. The van der Waals surface area contributed by atoms with Crippen LogP contribution in [0, 0.1) is 12.3 Å². The van der Waals surface area contributed by atoms with Gasteiger partial charge in [-0.3, -0.25) is 4.79 Å². The van der Waals surface area contributed by atoms with Crippen molar-refractivity contribution in [2.24, 2.45) is 5.41 Å². The Kier molecular flexibility index (Phi) is 4.75. The summed E-state index contributed by atoms with van der Waals surface area (Å²) in [6.45, 7) is 11.0. The van der Waals surface area contributed by atoms with E-state index < -0.39 is 0 Å². The molecule has 1 aliphatic heterocycles. The first kappa shape index (κ1) is 17.4. The molecule has 0 radical (unpaired) electrons. The topological polar surface area (TPSA) is 49.3 Å². The predicted octanol–water partition coefficient (Wildman–Crippen LogP) is 3.15. The van der Waals surface area contributed by atoms with Gasteiger partial charge in [0, 0.05) is 37.2 Å². The average molecular weight is 338 g/mol. The normalized spacial score (nSPS) is 15.4. The minimum Gasteiger partial charge on any atom is -0.352 e. The van der Waals surface area contributed by atoms with Crippen molar-refractivity contribution in [2.45, 2.75) is 27.7 Å². The first-order valence-electron chi connectivity index (χ1n) is 8.80. The number of carbonyl (C=O) groups excluding carboxylic acids is 1. The number of nitrogens with zero attached hydrogens (tertiary/aromatic N) is 4. The van der Waals surface area contributed by atoms with Crippen LogP contribution in [0.4, 0.5) is 5.82 Å². The maximum atomic E-state index is 12.4. The van der Waals surface area contributed by atoms with Gasteiger partial charge >= 0.3 is 0 Å². The Bertz CT molecular complexity index is 741. The number of carbonyl (C=O) groups is 1. The molecule has 1 aromatic carbocycles. The van der Waals surface area contributed by atoms with Crippen LogP contribution in [0.15, 0.2) is 36.4 Å². The summed E-state index contributed by atoms with van der Waals surface area (Å²) in [7, 11) is 0. The summed E-state index contributed by atoms with van der Waals surface area (Å²) >= 11 is 0. The van der Waals surface area contributed by atoms with E-state index in [4.69, 9.17) is 0 Å². The first-order chi connectivity index (χ1) is 11.9. The van der Waals surface area contributed by atoms with Gasteiger partial charge in [0.25, 0.3) is 0 Å². The van der Waals surface area contributed by atoms with Crippen molar-refractivity contribution in [3.63, 3.8) is 0 Å². The number of amides is 1. The molecule has 0 unspecified atom stereocenters. The van der Waals surface area contributed by atoms with Crippen molar-refractivity contribution in [3.8, 4) is 11.3 Å². The molecule has 25 heavy (non-hydrogen) atoms. The molecule has 132 valence electrons. The molecule has 0 saturated carbocycles. The van der Waals surface area contributed by atoms with E-state index in [0.717, 1.165) is 43.3 Å². The molecule has 0 aliphatic carbocycles. The van der Waals surface area contributed by atoms with Crippen molar-refractivity contribution in [1.82, 2.24) is 15.1 Å². The molecule has 1 amide bonds. The molecule has 0 atom stereocenters. The molecule has 0 spiro atoms. The van der Waals surface area contributed by atoms with Crippen LogP contribution in [-0.2, 0) is 4.79 Å². The van der Waals surface area contributed by atoms with Crippen molar-refractivity contribution < 1.29 is 4.79 Å². The Labute approximate surface area is 149 Å². The molecule has 0 bridgehead atoms. The van der Waals surface area contributed by atoms with Gasteiger partial charge in [-0.05, 0) is 24.6 Å². The van der Waals surface area contributed by atoms with Gasteiger partial charge < -0.3 is 9.80 Å². The maximum absolute atomic E-state index is 12.4. The van der Waals surface area contributed by atoms with E-state index in [2.05, 4.69) is 34.2 Å². The van der Waals surface area contributed by atoms with Crippen molar-refractivity contribution in [3.05, 3.63) is 42.0 Å². The fraction of sp³-hybridized carbons (Fsp3) is 0.450. The van der Waals surface area contributed by atoms with E-state index >= 15 is 0 Å². The van der Waals surface area contributed by atoms with Gasteiger partial charge in [-0.2, -0.15) is 0 Å². The number of anilines is 1. The van der Waals surface area contributed by atoms with Crippen LogP contribution in [0.5, 0.6) is 0 Å². The lowest BCUT2D eigenvalue weighted by Gasteiger charge is -2.38. The van der Waals surface area contributed by atoms with Crippen LogP contribution in [-0.4, -0.2) is 47.2 Å². The molecule has 2 heterocycles. The third-order valence-corrected chi connectivity index (χ3v) is 4.60. The number of piperazine rings is 1. The van der Waals surface area contributed by atoms with Gasteiger partial charge in [-0.25, -0.2) is 0 Å². The highest BCUT2D eigenvalue weighted by atomic mass is 16.2. The molecule has 1 saturated heterocycles. The standard InChI is InChI=1S/C20H26N4O/c1-15-7-5-6-8-16(15)17-9-10-18(22-21-17)23-11-13-24(14-12-23)19(25)20(2,3)4/h5-10H,11-14H2,1-4H3. The number of rotatable bonds is 2. The number of benzene rings is 1. The van der Waals surface area contributed by atoms with Gasteiger partial charge in [0.1, 0.15) is 0 Å². The summed E-state index contributed by atoms with van der Waals surface area (Å²) in [6.07, 6.45) is 0. The molecular weight excluding hydrogens is 312 g/mol. The largest absolute Gasteiger partial charge is 0.352 e. The van der Waals surface area contributed by atoms with Gasteiger partial charge in [0.2, 0.25) is 5.91 Å². The summed E-state index contributed by atoms with van der Waals surface area (Å²) in [5.41, 5.74) is 2.88. The third-order valence-electron chi connectivity index (χ3n) is 4.60. The van der Waals surface area contributed by atoms with Crippen molar-refractivity contribution >= 4 is 11.7 Å². The van der Waals surface area contributed by atoms with Gasteiger partial charge in [0.05, 0.1) is 5.69 Å². The molecule has 5 heteroatoms. The van der Waals surface area contributed by atoms with Gasteiger partial charge in [-0.15, -0.1) is 10.2 Å². The zero-order valence-electron chi connectivity index (χ0n) is 15.5. The van der Waals surface area contributed by atoms with Crippen LogP contribution in [0.2, 0.25) is 0 Å². The third kappa shape index (κ3) is 3.81. The summed E-state index contributed by atoms with van der Waals surface area (Å²) in [6, 6.07) is 12.2. The fourth-order valence-corrected chi connectivity index (χ4v) is 3.11.